The Balaban J connectivity index is 1.99. The molecular formula is C13H10ClNO2. The van der Waals surface area contributed by atoms with Crippen molar-refractivity contribution >= 4 is 23.1 Å². The molecule has 1 heterocycles. The predicted molar refractivity (Wildman–Crippen MR) is 67.3 cm³/mol. The van der Waals surface area contributed by atoms with Crippen LogP contribution in [0.4, 0.5) is 5.69 Å². The van der Waals surface area contributed by atoms with Gasteiger partial charge in [-0.3, -0.25) is 4.79 Å². The number of anilines is 1. The molecule has 17 heavy (non-hydrogen) atoms. The number of ketones is 1. The summed E-state index contributed by atoms with van der Waals surface area (Å²) in [5, 5.41) is 3.55. The van der Waals surface area contributed by atoms with E-state index in [9.17, 15) is 4.79 Å². The monoisotopic (exact) mass is 247 g/mol. The lowest BCUT2D eigenvalue weighted by atomic mass is 10.2. The van der Waals surface area contributed by atoms with E-state index in [-0.39, 0.29) is 5.78 Å². The summed E-state index contributed by atoms with van der Waals surface area (Å²) < 4.78 is 4.82. The minimum Gasteiger partial charge on any atom is -0.472 e. The predicted octanol–water partition coefficient (Wildman–Crippen LogP) is 3.74. The minimum atomic E-state index is -0.127. The standard InChI is InChI=1S/C13H10ClNO2/c14-11-3-1-2-4-12(11)15-7-5-13(16)10-6-8-17-9-10/h1-9,15H/b7-5-. The van der Waals surface area contributed by atoms with Gasteiger partial charge in [-0.1, -0.05) is 23.7 Å². The number of hydrogen-bond donors (Lipinski definition) is 1. The van der Waals surface area contributed by atoms with E-state index < -0.39 is 0 Å². The molecule has 86 valence electrons. The van der Waals surface area contributed by atoms with Gasteiger partial charge in [-0.15, -0.1) is 0 Å². The van der Waals surface area contributed by atoms with Crippen LogP contribution in [0.15, 0.2) is 59.6 Å². The number of furan rings is 1. The minimum absolute atomic E-state index is 0.127. The lowest BCUT2D eigenvalue weighted by molar-refractivity contribution is 0.104. The Morgan fingerprint density at radius 3 is 2.82 bits per heavy atom. The molecule has 1 aromatic carbocycles. The molecule has 0 fully saturated rings. The average molecular weight is 248 g/mol. The number of benzene rings is 1. The Kier molecular flexibility index (Phi) is 3.62. The molecule has 0 bridgehead atoms. The summed E-state index contributed by atoms with van der Waals surface area (Å²) >= 11 is 5.94. The Hall–Kier alpha value is -2.00. The zero-order valence-corrected chi connectivity index (χ0v) is 9.65. The van der Waals surface area contributed by atoms with Gasteiger partial charge >= 0.3 is 0 Å². The quantitative estimate of drug-likeness (QED) is 0.661. The van der Waals surface area contributed by atoms with Crippen molar-refractivity contribution in [2.75, 3.05) is 5.32 Å². The van der Waals surface area contributed by atoms with Crippen molar-refractivity contribution in [2.24, 2.45) is 0 Å². The molecule has 1 aromatic heterocycles. The third kappa shape index (κ3) is 2.98. The van der Waals surface area contributed by atoms with E-state index in [1.165, 1.54) is 18.6 Å². The molecule has 0 spiro atoms. The van der Waals surface area contributed by atoms with Crippen LogP contribution in [-0.2, 0) is 0 Å². The van der Waals surface area contributed by atoms with Gasteiger partial charge < -0.3 is 9.73 Å². The molecule has 4 heteroatoms. The fourth-order valence-electron chi connectivity index (χ4n) is 1.29. The number of rotatable bonds is 4. The zero-order valence-electron chi connectivity index (χ0n) is 8.89. The number of allylic oxidation sites excluding steroid dienone is 1. The van der Waals surface area contributed by atoms with E-state index in [2.05, 4.69) is 5.32 Å². The highest BCUT2D eigenvalue weighted by Crippen LogP contribution is 2.20. The average Bonchev–Trinajstić information content (AvgIpc) is 2.85. The third-order valence-electron chi connectivity index (χ3n) is 2.15. The molecule has 3 nitrogen and oxygen atoms in total. The molecule has 1 N–H and O–H groups in total. The summed E-state index contributed by atoms with van der Waals surface area (Å²) in [6.07, 6.45) is 5.84. The second kappa shape index (κ2) is 5.37. The molecule has 0 aliphatic carbocycles. The molecule has 0 amide bonds. The van der Waals surface area contributed by atoms with E-state index in [4.69, 9.17) is 16.0 Å². The van der Waals surface area contributed by atoms with Crippen molar-refractivity contribution in [3.63, 3.8) is 0 Å². The molecule has 0 saturated heterocycles. The van der Waals surface area contributed by atoms with Gasteiger partial charge in [0.15, 0.2) is 5.78 Å². The summed E-state index contributed by atoms with van der Waals surface area (Å²) in [7, 11) is 0. The van der Waals surface area contributed by atoms with Crippen molar-refractivity contribution in [3.8, 4) is 0 Å². The van der Waals surface area contributed by atoms with E-state index in [0.717, 1.165) is 5.69 Å². The first kappa shape index (κ1) is 11.5. The van der Waals surface area contributed by atoms with Crippen LogP contribution in [0, 0.1) is 0 Å². The topological polar surface area (TPSA) is 42.2 Å². The van der Waals surface area contributed by atoms with Crippen molar-refractivity contribution in [1.29, 1.82) is 0 Å². The summed E-state index contributed by atoms with van der Waals surface area (Å²) in [6.45, 7) is 0. The van der Waals surface area contributed by atoms with E-state index in [1.54, 1.807) is 18.3 Å². The summed E-state index contributed by atoms with van der Waals surface area (Å²) in [4.78, 5) is 11.6. The van der Waals surface area contributed by atoms with Gasteiger partial charge in [0.05, 0.1) is 22.5 Å². The van der Waals surface area contributed by atoms with Gasteiger partial charge in [-0.05, 0) is 18.2 Å². The van der Waals surface area contributed by atoms with Crippen molar-refractivity contribution in [3.05, 3.63) is 65.7 Å². The smallest absolute Gasteiger partial charge is 0.190 e. The van der Waals surface area contributed by atoms with Gasteiger partial charge in [0, 0.05) is 12.3 Å². The van der Waals surface area contributed by atoms with Crippen LogP contribution in [0.2, 0.25) is 5.02 Å². The molecule has 0 radical (unpaired) electrons. The van der Waals surface area contributed by atoms with Crippen LogP contribution < -0.4 is 5.32 Å². The Bertz CT molecular complexity index is 532. The second-order valence-corrected chi connectivity index (χ2v) is 3.74. The van der Waals surface area contributed by atoms with E-state index in [0.29, 0.717) is 10.6 Å². The number of nitrogens with one attached hydrogen (secondary N) is 1. The molecule has 0 aliphatic heterocycles. The highest BCUT2D eigenvalue weighted by atomic mass is 35.5. The SMILES string of the molecule is O=C(/C=C\Nc1ccccc1Cl)c1ccoc1. The molecular weight excluding hydrogens is 238 g/mol. The van der Waals surface area contributed by atoms with Gasteiger partial charge in [0.1, 0.15) is 6.26 Å². The van der Waals surface area contributed by atoms with Crippen LogP contribution in [0.3, 0.4) is 0 Å². The third-order valence-corrected chi connectivity index (χ3v) is 2.48. The molecule has 0 aliphatic rings. The lowest BCUT2D eigenvalue weighted by Gasteiger charge is -2.01. The fraction of sp³-hybridized carbons (Fsp3) is 0. The van der Waals surface area contributed by atoms with Crippen LogP contribution in [0.1, 0.15) is 10.4 Å². The van der Waals surface area contributed by atoms with Crippen molar-refractivity contribution < 1.29 is 9.21 Å². The normalized spacial score (nSPS) is 10.6. The zero-order chi connectivity index (χ0) is 12.1. The summed E-state index contributed by atoms with van der Waals surface area (Å²) in [5.74, 6) is -0.127. The molecule has 0 saturated carbocycles. The number of hydrogen-bond acceptors (Lipinski definition) is 3. The molecule has 0 atom stereocenters. The highest BCUT2D eigenvalue weighted by Gasteiger charge is 2.01. The van der Waals surface area contributed by atoms with Gasteiger partial charge in [-0.2, -0.15) is 0 Å². The Morgan fingerprint density at radius 2 is 2.12 bits per heavy atom. The van der Waals surface area contributed by atoms with Gasteiger partial charge in [-0.25, -0.2) is 0 Å². The largest absolute Gasteiger partial charge is 0.472 e. The lowest BCUT2D eigenvalue weighted by Crippen LogP contribution is -1.94. The summed E-state index contributed by atoms with van der Waals surface area (Å²) in [5.41, 5.74) is 1.27. The van der Waals surface area contributed by atoms with Gasteiger partial charge in [0.25, 0.3) is 0 Å². The van der Waals surface area contributed by atoms with Crippen molar-refractivity contribution in [2.45, 2.75) is 0 Å². The van der Waals surface area contributed by atoms with Gasteiger partial charge in [0.2, 0.25) is 0 Å². The number of para-hydroxylation sites is 1. The maximum absolute atomic E-state index is 11.6. The van der Waals surface area contributed by atoms with Crippen LogP contribution in [-0.4, -0.2) is 5.78 Å². The number of halogens is 1. The molecule has 2 rings (SSSR count). The highest BCUT2D eigenvalue weighted by molar-refractivity contribution is 6.33. The van der Waals surface area contributed by atoms with E-state index >= 15 is 0 Å². The van der Waals surface area contributed by atoms with Crippen molar-refractivity contribution in [1.82, 2.24) is 0 Å². The van der Waals surface area contributed by atoms with Crippen LogP contribution in [0.5, 0.6) is 0 Å². The molecule has 2 aromatic rings. The van der Waals surface area contributed by atoms with Crippen LogP contribution >= 0.6 is 11.6 Å². The first-order valence-corrected chi connectivity index (χ1v) is 5.39. The first-order valence-electron chi connectivity index (χ1n) is 5.01. The Labute approximate surface area is 104 Å². The first-order chi connectivity index (χ1) is 8.27. The maximum Gasteiger partial charge on any atom is 0.190 e. The number of carbonyl (C=O) groups is 1. The maximum atomic E-state index is 11.6. The summed E-state index contributed by atoms with van der Waals surface area (Å²) in [6, 6.07) is 8.92. The second-order valence-electron chi connectivity index (χ2n) is 3.33. The van der Waals surface area contributed by atoms with Crippen LogP contribution in [0.25, 0.3) is 0 Å². The van der Waals surface area contributed by atoms with E-state index in [1.807, 2.05) is 18.2 Å². The molecule has 0 unspecified atom stereocenters. The number of carbonyl (C=O) groups excluding carboxylic acids is 1. The Morgan fingerprint density at radius 1 is 1.29 bits per heavy atom. The fourth-order valence-corrected chi connectivity index (χ4v) is 1.48.